The van der Waals surface area contributed by atoms with Crippen LogP contribution in [-0.2, 0) is 0 Å². The van der Waals surface area contributed by atoms with Gasteiger partial charge in [-0.25, -0.2) is 0 Å². The zero-order valence-electron chi connectivity index (χ0n) is 10.5. The Hall–Kier alpha value is -0.380. The first-order valence-electron chi connectivity index (χ1n) is 6.64. The summed E-state index contributed by atoms with van der Waals surface area (Å²) in [5.74, 6) is 1.41. The SMILES string of the molecule is CC1CCC(C(O)C(CN)c2cccs2)CC1. The molecule has 0 aliphatic heterocycles. The van der Waals surface area contributed by atoms with Crippen LogP contribution in [0.15, 0.2) is 17.5 Å². The van der Waals surface area contributed by atoms with Gasteiger partial charge in [0.1, 0.15) is 0 Å². The molecule has 1 heterocycles. The van der Waals surface area contributed by atoms with Crippen molar-refractivity contribution >= 4 is 11.3 Å². The average Bonchev–Trinajstić information content (AvgIpc) is 2.84. The highest BCUT2D eigenvalue weighted by atomic mass is 32.1. The first-order valence-corrected chi connectivity index (χ1v) is 7.52. The molecule has 1 aromatic rings. The summed E-state index contributed by atoms with van der Waals surface area (Å²) in [5, 5.41) is 12.6. The van der Waals surface area contributed by atoms with E-state index in [2.05, 4.69) is 18.4 Å². The third-order valence-electron chi connectivity index (χ3n) is 4.12. The summed E-state index contributed by atoms with van der Waals surface area (Å²) in [6.45, 7) is 2.86. The van der Waals surface area contributed by atoms with Gasteiger partial charge in [0.05, 0.1) is 6.10 Å². The number of hydrogen-bond donors (Lipinski definition) is 2. The summed E-state index contributed by atoms with van der Waals surface area (Å²) in [6, 6.07) is 4.13. The monoisotopic (exact) mass is 253 g/mol. The Bertz CT molecular complexity index is 317. The molecule has 2 rings (SSSR count). The van der Waals surface area contributed by atoms with Gasteiger partial charge in [0.2, 0.25) is 0 Å². The van der Waals surface area contributed by atoms with Gasteiger partial charge in [-0.2, -0.15) is 0 Å². The van der Waals surface area contributed by atoms with Crippen molar-refractivity contribution in [1.82, 2.24) is 0 Å². The van der Waals surface area contributed by atoms with Gasteiger partial charge in [0, 0.05) is 17.3 Å². The summed E-state index contributed by atoms with van der Waals surface area (Å²) in [6.07, 6.45) is 4.56. The highest BCUT2D eigenvalue weighted by molar-refractivity contribution is 7.10. The standard InChI is InChI=1S/C14H23NOS/c1-10-4-6-11(7-5-10)14(16)12(9-15)13-3-2-8-17-13/h2-3,8,10-12,14,16H,4-7,9,15H2,1H3. The fourth-order valence-corrected chi connectivity index (χ4v) is 3.76. The molecular formula is C14H23NOS. The minimum Gasteiger partial charge on any atom is -0.392 e. The maximum atomic E-state index is 10.5. The molecule has 2 unspecified atom stereocenters. The highest BCUT2D eigenvalue weighted by Gasteiger charge is 2.30. The molecular weight excluding hydrogens is 230 g/mol. The van der Waals surface area contributed by atoms with E-state index >= 15 is 0 Å². The number of nitrogens with two attached hydrogens (primary N) is 1. The molecule has 0 aromatic carbocycles. The predicted molar refractivity (Wildman–Crippen MR) is 73.2 cm³/mol. The van der Waals surface area contributed by atoms with E-state index in [1.165, 1.54) is 17.7 Å². The smallest absolute Gasteiger partial charge is 0.0656 e. The van der Waals surface area contributed by atoms with Gasteiger partial charge in [-0.1, -0.05) is 25.8 Å². The molecule has 0 bridgehead atoms. The molecule has 96 valence electrons. The van der Waals surface area contributed by atoms with Crippen LogP contribution in [0.3, 0.4) is 0 Å². The molecule has 0 saturated heterocycles. The molecule has 0 amide bonds. The normalized spacial score (nSPS) is 28.9. The van der Waals surface area contributed by atoms with Crippen LogP contribution in [0.2, 0.25) is 0 Å². The van der Waals surface area contributed by atoms with Crippen molar-refractivity contribution in [2.24, 2.45) is 17.6 Å². The quantitative estimate of drug-likeness (QED) is 0.866. The van der Waals surface area contributed by atoms with Crippen molar-refractivity contribution in [2.45, 2.75) is 44.6 Å². The van der Waals surface area contributed by atoms with Gasteiger partial charge in [-0.05, 0) is 36.1 Å². The van der Waals surface area contributed by atoms with E-state index in [1.807, 2.05) is 6.07 Å². The molecule has 1 aromatic heterocycles. The van der Waals surface area contributed by atoms with Crippen LogP contribution < -0.4 is 5.73 Å². The second-order valence-corrected chi connectivity index (χ2v) is 6.35. The van der Waals surface area contributed by atoms with Crippen molar-refractivity contribution in [1.29, 1.82) is 0 Å². The van der Waals surface area contributed by atoms with Gasteiger partial charge >= 0.3 is 0 Å². The van der Waals surface area contributed by atoms with E-state index in [0.29, 0.717) is 12.5 Å². The molecule has 2 atom stereocenters. The largest absolute Gasteiger partial charge is 0.392 e. The van der Waals surface area contributed by atoms with E-state index in [0.717, 1.165) is 18.8 Å². The maximum Gasteiger partial charge on any atom is 0.0656 e. The minimum atomic E-state index is -0.258. The molecule has 17 heavy (non-hydrogen) atoms. The molecule has 1 fully saturated rings. The van der Waals surface area contributed by atoms with E-state index in [4.69, 9.17) is 5.73 Å². The zero-order valence-corrected chi connectivity index (χ0v) is 11.3. The summed E-state index contributed by atoms with van der Waals surface area (Å²) in [5.41, 5.74) is 5.85. The third-order valence-corrected chi connectivity index (χ3v) is 5.12. The van der Waals surface area contributed by atoms with Crippen molar-refractivity contribution < 1.29 is 5.11 Å². The van der Waals surface area contributed by atoms with Gasteiger partial charge in [0.15, 0.2) is 0 Å². The van der Waals surface area contributed by atoms with Crippen molar-refractivity contribution in [3.8, 4) is 0 Å². The Labute approximate surface area is 108 Å². The fraction of sp³-hybridized carbons (Fsp3) is 0.714. The molecule has 1 aliphatic rings. The Morgan fingerprint density at radius 1 is 1.41 bits per heavy atom. The molecule has 0 spiro atoms. The zero-order chi connectivity index (χ0) is 12.3. The van der Waals surface area contributed by atoms with Crippen molar-refractivity contribution in [2.75, 3.05) is 6.54 Å². The molecule has 3 heteroatoms. The lowest BCUT2D eigenvalue weighted by atomic mass is 9.76. The second kappa shape index (κ2) is 5.98. The topological polar surface area (TPSA) is 46.2 Å². The lowest BCUT2D eigenvalue weighted by Gasteiger charge is -2.33. The highest BCUT2D eigenvalue weighted by Crippen LogP contribution is 2.36. The number of hydrogen-bond acceptors (Lipinski definition) is 3. The van der Waals surface area contributed by atoms with E-state index in [-0.39, 0.29) is 12.0 Å². The van der Waals surface area contributed by atoms with Crippen LogP contribution in [0.1, 0.15) is 43.4 Å². The number of aliphatic hydroxyl groups is 1. The lowest BCUT2D eigenvalue weighted by molar-refractivity contribution is 0.0557. The van der Waals surface area contributed by atoms with Crippen LogP contribution in [-0.4, -0.2) is 17.8 Å². The van der Waals surface area contributed by atoms with E-state index in [1.54, 1.807) is 11.3 Å². The molecule has 0 radical (unpaired) electrons. The Morgan fingerprint density at radius 3 is 2.65 bits per heavy atom. The predicted octanol–water partition coefficient (Wildman–Crippen LogP) is 2.98. The summed E-state index contributed by atoms with van der Waals surface area (Å²) >= 11 is 1.71. The molecule has 3 N–H and O–H groups in total. The average molecular weight is 253 g/mol. The maximum absolute atomic E-state index is 10.5. The fourth-order valence-electron chi connectivity index (χ4n) is 2.88. The van der Waals surface area contributed by atoms with Gasteiger partial charge in [0.25, 0.3) is 0 Å². The first kappa shape index (κ1) is 13.1. The summed E-state index contributed by atoms with van der Waals surface area (Å²) in [4.78, 5) is 1.23. The van der Waals surface area contributed by atoms with Crippen LogP contribution >= 0.6 is 11.3 Å². The summed E-state index contributed by atoms with van der Waals surface area (Å²) < 4.78 is 0. The molecule has 2 nitrogen and oxygen atoms in total. The first-order chi connectivity index (χ1) is 8.22. The second-order valence-electron chi connectivity index (χ2n) is 5.37. The number of aliphatic hydroxyl groups excluding tert-OH is 1. The minimum absolute atomic E-state index is 0.133. The van der Waals surface area contributed by atoms with Crippen LogP contribution in [0.5, 0.6) is 0 Å². The van der Waals surface area contributed by atoms with Crippen LogP contribution in [0.25, 0.3) is 0 Å². The van der Waals surface area contributed by atoms with Gasteiger partial charge in [-0.3, -0.25) is 0 Å². The lowest BCUT2D eigenvalue weighted by Crippen LogP contribution is -2.34. The molecule has 1 saturated carbocycles. The Balaban J connectivity index is 2.00. The van der Waals surface area contributed by atoms with Crippen LogP contribution in [0.4, 0.5) is 0 Å². The Kier molecular flexibility index (Phi) is 4.60. The number of rotatable bonds is 4. The van der Waals surface area contributed by atoms with Crippen molar-refractivity contribution in [3.05, 3.63) is 22.4 Å². The van der Waals surface area contributed by atoms with Crippen molar-refractivity contribution in [3.63, 3.8) is 0 Å². The summed E-state index contributed by atoms with van der Waals surface area (Å²) in [7, 11) is 0. The van der Waals surface area contributed by atoms with Gasteiger partial charge < -0.3 is 10.8 Å². The molecule has 1 aliphatic carbocycles. The number of thiophene rings is 1. The van der Waals surface area contributed by atoms with Gasteiger partial charge in [-0.15, -0.1) is 11.3 Å². The van der Waals surface area contributed by atoms with E-state index < -0.39 is 0 Å². The Morgan fingerprint density at radius 2 is 2.12 bits per heavy atom. The van der Waals surface area contributed by atoms with E-state index in [9.17, 15) is 5.11 Å². The third kappa shape index (κ3) is 3.09. The van der Waals surface area contributed by atoms with Crippen LogP contribution in [0, 0.1) is 11.8 Å².